The Morgan fingerprint density at radius 1 is 1.19 bits per heavy atom. The van der Waals surface area contributed by atoms with Gasteiger partial charge in [-0.25, -0.2) is 0 Å². The molecule has 6 nitrogen and oxygen atoms in total. The molecule has 0 fully saturated rings. The molecule has 108 valence electrons. The van der Waals surface area contributed by atoms with Gasteiger partial charge in [0.25, 0.3) is 11.6 Å². The van der Waals surface area contributed by atoms with Gasteiger partial charge >= 0.3 is 0 Å². The molecule has 0 saturated heterocycles. The Morgan fingerprint density at radius 2 is 1.90 bits per heavy atom. The number of hydrazine groups is 1. The van der Waals surface area contributed by atoms with Crippen molar-refractivity contribution in [3.63, 3.8) is 0 Å². The van der Waals surface area contributed by atoms with Crippen LogP contribution in [0, 0.1) is 10.1 Å². The molecule has 2 aromatic carbocycles. The number of carbonyl (C=O) groups excluding carboxylic acids is 1. The van der Waals surface area contributed by atoms with E-state index in [1.54, 1.807) is 6.26 Å². The molecule has 2 rings (SSSR count). The second kappa shape index (κ2) is 6.76. The van der Waals surface area contributed by atoms with Crippen molar-refractivity contribution in [2.75, 3.05) is 11.7 Å². The smallest absolute Gasteiger partial charge is 0.282 e. The molecule has 0 bridgehead atoms. The Bertz CT molecular complexity index is 662. The van der Waals surface area contributed by atoms with Crippen molar-refractivity contribution in [1.82, 2.24) is 5.43 Å². The monoisotopic (exact) mass is 303 g/mol. The molecule has 0 aliphatic heterocycles. The Hall–Kier alpha value is -2.54. The summed E-state index contributed by atoms with van der Waals surface area (Å²) in [7, 11) is 0. The highest BCUT2D eigenvalue weighted by Gasteiger charge is 2.16. The van der Waals surface area contributed by atoms with E-state index >= 15 is 0 Å². The van der Waals surface area contributed by atoms with Crippen LogP contribution in [0.25, 0.3) is 0 Å². The highest BCUT2D eigenvalue weighted by Crippen LogP contribution is 2.28. The van der Waals surface area contributed by atoms with Crippen LogP contribution in [-0.2, 0) is 0 Å². The molecule has 0 saturated carbocycles. The summed E-state index contributed by atoms with van der Waals surface area (Å²) in [6.07, 6.45) is 1.73. The molecular formula is C14H13N3O3S. The number of amides is 1. The topological polar surface area (TPSA) is 84.3 Å². The van der Waals surface area contributed by atoms with Gasteiger partial charge in [0.05, 0.1) is 15.5 Å². The van der Waals surface area contributed by atoms with Crippen molar-refractivity contribution in [3.8, 4) is 0 Å². The summed E-state index contributed by atoms with van der Waals surface area (Å²) in [5.74, 6) is -0.357. The molecule has 0 radical (unpaired) electrons. The van der Waals surface area contributed by atoms with Gasteiger partial charge in [0.1, 0.15) is 0 Å². The zero-order chi connectivity index (χ0) is 15.2. The fourth-order valence-corrected chi connectivity index (χ4v) is 2.29. The van der Waals surface area contributed by atoms with E-state index in [4.69, 9.17) is 0 Å². The maximum absolute atomic E-state index is 12.0. The van der Waals surface area contributed by atoms with E-state index in [-0.39, 0.29) is 11.6 Å². The quantitative estimate of drug-likeness (QED) is 0.504. The largest absolute Gasteiger partial charge is 0.298 e. The van der Waals surface area contributed by atoms with E-state index in [0.29, 0.717) is 10.5 Å². The zero-order valence-corrected chi connectivity index (χ0v) is 12.0. The van der Waals surface area contributed by atoms with Gasteiger partial charge < -0.3 is 0 Å². The first-order valence-electron chi connectivity index (χ1n) is 6.05. The number of benzene rings is 2. The summed E-state index contributed by atoms with van der Waals surface area (Å²) in [6, 6.07) is 13.4. The summed E-state index contributed by atoms with van der Waals surface area (Å²) in [5, 5.41) is 10.9. The Kier molecular flexibility index (Phi) is 4.78. The number of nitrogens with one attached hydrogen (secondary N) is 2. The molecule has 1 amide bonds. The van der Waals surface area contributed by atoms with Crippen molar-refractivity contribution in [2.24, 2.45) is 0 Å². The molecule has 0 heterocycles. The number of carbonyl (C=O) groups is 1. The lowest BCUT2D eigenvalue weighted by atomic mass is 10.2. The number of anilines is 1. The third-order valence-corrected chi connectivity index (χ3v) is 3.50. The molecule has 7 heteroatoms. The standard InChI is InChI=1S/C14H13N3O3S/c1-21-13-9-10(7-8-12(13)17(19)20)14(18)16-15-11-5-3-2-4-6-11/h2-9,15H,1H3,(H,16,18). The van der Waals surface area contributed by atoms with E-state index in [0.717, 1.165) is 5.69 Å². The number of nitro benzene ring substituents is 1. The highest BCUT2D eigenvalue weighted by molar-refractivity contribution is 7.98. The highest BCUT2D eigenvalue weighted by atomic mass is 32.2. The van der Waals surface area contributed by atoms with E-state index in [1.807, 2.05) is 30.3 Å². The number of nitrogens with zero attached hydrogens (tertiary/aromatic N) is 1. The summed E-state index contributed by atoms with van der Waals surface area (Å²) >= 11 is 1.23. The van der Waals surface area contributed by atoms with Gasteiger partial charge in [-0.15, -0.1) is 11.8 Å². The van der Waals surface area contributed by atoms with Gasteiger partial charge in [-0.05, 0) is 30.5 Å². The Labute approximate surface area is 125 Å². The predicted octanol–water partition coefficient (Wildman–Crippen LogP) is 3.07. The fourth-order valence-electron chi connectivity index (χ4n) is 1.69. The molecule has 2 aromatic rings. The van der Waals surface area contributed by atoms with Crippen LogP contribution in [0.2, 0.25) is 0 Å². The molecule has 2 N–H and O–H groups in total. The lowest BCUT2D eigenvalue weighted by Crippen LogP contribution is -2.29. The van der Waals surface area contributed by atoms with Crippen LogP contribution in [0.4, 0.5) is 11.4 Å². The van der Waals surface area contributed by atoms with E-state index in [2.05, 4.69) is 10.9 Å². The molecule has 0 aromatic heterocycles. The van der Waals surface area contributed by atoms with Crippen LogP contribution in [0.1, 0.15) is 10.4 Å². The summed E-state index contributed by atoms with van der Waals surface area (Å²) in [6.45, 7) is 0. The number of para-hydroxylation sites is 1. The van der Waals surface area contributed by atoms with Crippen LogP contribution in [-0.4, -0.2) is 17.1 Å². The molecule has 21 heavy (non-hydrogen) atoms. The van der Waals surface area contributed by atoms with Gasteiger partial charge in [-0.2, -0.15) is 0 Å². The molecular weight excluding hydrogens is 290 g/mol. The average Bonchev–Trinajstić information content (AvgIpc) is 2.52. The number of rotatable bonds is 5. The van der Waals surface area contributed by atoms with E-state index in [9.17, 15) is 14.9 Å². The van der Waals surface area contributed by atoms with Gasteiger partial charge in [-0.1, -0.05) is 18.2 Å². The number of hydrogen-bond acceptors (Lipinski definition) is 5. The van der Waals surface area contributed by atoms with E-state index < -0.39 is 4.92 Å². The lowest BCUT2D eigenvalue weighted by Gasteiger charge is -2.09. The Morgan fingerprint density at radius 3 is 2.52 bits per heavy atom. The maximum atomic E-state index is 12.0. The molecule has 0 unspecified atom stereocenters. The van der Waals surface area contributed by atoms with Crippen molar-refractivity contribution in [1.29, 1.82) is 0 Å². The zero-order valence-electron chi connectivity index (χ0n) is 11.2. The third-order valence-electron chi connectivity index (χ3n) is 2.73. The normalized spacial score (nSPS) is 9.95. The van der Waals surface area contributed by atoms with Crippen molar-refractivity contribution >= 4 is 29.0 Å². The predicted molar refractivity (Wildman–Crippen MR) is 82.4 cm³/mol. The van der Waals surface area contributed by atoms with Crippen LogP contribution < -0.4 is 10.9 Å². The number of nitro groups is 1. The van der Waals surface area contributed by atoms with Crippen molar-refractivity contribution in [2.45, 2.75) is 4.90 Å². The maximum Gasteiger partial charge on any atom is 0.282 e. The molecule has 0 atom stereocenters. The molecule has 0 aliphatic rings. The minimum atomic E-state index is -0.463. The summed E-state index contributed by atoms with van der Waals surface area (Å²) in [4.78, 5) is 22.9. The second-order valence-corrected chi connectivity index (χ2v) is 4.94. The molecule has 0 aliphatic carbocycles. The molecule has 0 spiro atoms. The third kappa shape index (κ3) is 3.73. The van der Waals surface area contributed by atoms with Gasteiger partial charge in [-0.3, -0.25) is 25.8 Å². The second-order valence-electron chi connectivity index (χ2n) is 4.09. The lowest BCUT2D eigenvalue weighted by molar-refractivity contribution is -0.387. The minimum absolute atomic E-state index is 0.00457. The minimum Gasteiger partial charge on any atom is -0.298 e. The number of hydrogen-bond donors (Lipinski definition) is 2. The van der Waals surface area contributed by atoms with Crippen molar-refractivity contribution < 1.29 is 9.72 Å². The first kappa shape index (κ1) is 14.9. The summed E-state index contributed by atoms with van der Waals surface area (Å²) < 4.78 is 0. The van der Waals surface area contributed by atoms with Gasteiger partial charge in [0, 0.05) is 11.6 Å². The van der Waals surface area contributed by atoms with E-state index in [1.165, 1.54) is 30.0 Å². The van der Waals surface area contributed by atoms with Crippen LogP contribution >= 0.6 is 11.8 Å². The summed E-state index contributed by atoms with van der Waals surface area (Å²) in [5.41, 5.74) is 6.42. The Balaban J connectivity index is 2.11. The average molecular weight is 303 g/mol. The van der Waals surface area contributed by atoms with Gasteiger partial charge in [0.15, 0.2) is 0 Å². The van der Waals surface area contributed by atoms with Crippen molar-refractivity contribution in [3.05, 3.63) is 64.2 Å². The van der Waals surface area contributed by atoms with Crippen LogP contribution in [0.5, 0.6) is 0 Å². The SMILES string of the molecule is CSc1cc(C(=O)NNc2ccccc2)ccc1[N+](=O)[O-]. The first-order chi connectivity index (χ1) is 10.1. The fraction of sp³-hybridized carbons (Fsp3) is 0.0714. The van der Waals surface area contributed by atoms with Crippen LogP contribution in [0.15, 0.2) is 53.4 Å². The van der Waals surface area contributed by atoms with Gasteiger partial charge in [0.2, 0.25) is 0 Å². The number of thioether (sulfide) groups is 1. The first-order valence-corrected chi connectivity index (χ1v) is 7.28. The van der Waals surface area contributed by atoms with Crippen LogP contribution in [0.3, 0.4) is 0 Å².